The lowest BCUT2D eigenvalue weighted by Gasteiger charge is -2.13. The molecule has 0 radical (unpaired) electrons. The topological polar surface area (TPSA) is 63.6 Å². The molecule has 0 amide bonds. The van der Waals surface area contributed by atoms with Gasteiger partial charge < -0.3 is 5.32 Å². The number of rotatable bonds is 5. The number of hydrogen-bond acceptors (Lipinski definition) is 7. The molecule has 0 spiro atoms. The highest BCUT2D eigenvalue weighted by atomic mass is 32.1. The van der Waals surface area contributed by atoms with Gasteiger partial charge in [-0.25, -0.2) is 9.97 Å². The maximum Gasteiger partial charge on any atom is 0.211 e. The highest BCUT2D eigenvalue weighted by Gasteiger charge is 2.14. The molecular formula is C20H19N5S2. The molecule has 4 aromatic rings. The molecule has 0 saturated heterocycles. The van der Waals surface area contributed by atoms with Gasteiger partial charge in [-0.05, 0) is 37.8 Å². The minimum atomic E-state index is 0.737. The van der Waals surface area contributed by atoms with E-state index in [-0.39, 0.29) is 0 Å². The van der Waals surface area contributed by atoms with E-state index < -0.39 is 0 Å². The van der Waals surface area contributed by atoms with E-state index in [0.29, 0.717) is 0 Å². The van der Waals surface area contributed by atoms with Crippen molar-refractivity contribution in [1.82, 2.24) is 20.2 Å². The van der Waals surface area contributed by atoms with Gasteiger partial charge in [0.25, 0.3) is 0 Å². The standard InChI is InChI=1S/C20H19N5S2/c1-12-6-8-15(9-7-12)11-16-13(2)21-14(3)22-18(16)23-20-25-24-19(27-20)17-5-4-10-26-17/h4-10H,11H2,1-3H3,(H,21,22,23,25). The Morgan fingerprint density at radius 3 is 2.52 bits per heavy atom. The maximum atomic E-state index is 4.63. The minimum absolute atomic E-state index is 0.737. The van der Waals surface area contributed by atoms with Crippen molar-refractivity contribution in [2.75, 3.05) is 5.32 Å². The lowest BCUT2D eigenvalue weighted by Crippen LogP contribution is -2.06. The van der Waals surface area contributed by atoms with E-state index in [1.54, 1.807) is 11.3 Å². The second-order valence-electron chi connectivity index (χ2n) is 6.36. The van der Waals surface area contributed by atoms with Crippen LogP contribution in [-0.2, 0) is 6.42 Å². The van der Waals surface area contributed by atoms with Crippen LogP contribution in [0.3, 0.4) is 0 Å². The van der Waals surface area contributed by atoms with Gasteiger partial charge in [0.1, 0.15) is 11.6 Å². The average molecular weight is 394 g/mol. The number of anilines is 2. The molecule has 1 N–H and O–H groups in total. The molecule has 3 heterocycles. The summed E-state index contributed by atoms with van der Waals surface area (Å²) in [4.78, 5) is 10.3. The lowest BCUT2D eigenvalue weighted by atomic mass is 10.0. The van der Waals surface area contributed by atoms with Crippen LogP contribution < -0.4 is 5.32 Å². The van der Waals surface area contributed by atoms with Crippen LogP contribution in [0.4, 0.5) is 10.9 Å². The van der Waals surface area contributed by atoms with Crippen molar-refractivity contribution >= 4 is 33.6 Å². The Morgan fingerprint density at radius 1 is 0.963 bits per heavy atom. The van der Waals surface area contributed by atoms with E-state index in [4.69, 9.17) is 0 Å². The zero-order chi connectivity index (χ0) is 18.8. The number of aromatic nitrogens is 4. The number of hydrogen-bond donors (Lipinski definition) is 1. The fourth-order valence-corrected chi connectivity index (χ4v) is 4.37. The zero-order valence-electron chi connectivity index (χ0n) is 15.4. The van der Waals surface area contributed by atoms with Gasteiger partial charge in [0.15, 0.2) is 5.01 Å². The van der Waals surface area contributed by atoms with Crippen LogP contribution in [0.2, 0.25) is 0 Å². The van der Waals surface area contributed by atoms with Crippen molar-refractivity contribution < 1.29 is 0 Å². The van der Waals surface area contributed by atoms with E-state index in [1.165, 1.54) is 22.5 Å². The summed E-state index contributed by atoms with van der Waals surface area (Å²) in [5.74, 6) is 1.54. The molecule has 1 aromatic carbocycles. The molecule has 5 nitrogen and oxygen atoms in total. The van der Waals surface area contributed by atoms with Gasteiger partial charge in [-0.3, -0.25) is 0 Å². The van der Waals surface area contributed by atoms with Crippen molar-refractivity contribution in [1.29, 1.82) is 0 Å². The molecular weight excluding hydrogens is 374 g/mol. The van der Waals surface area contributed by atoms with Crippen molar-refractivity contribution in [2.24, 2.45) is 0 Å². The molecule has 0 unspecified atom stereocenters. The SMILES string of the molecule is Cc1ccc(Cc2c(C)nc(C)nc2Nc2nnc(-c3cccs3)s2)cc1. The van der Waals surface area contributed by atoms with E-state index in [0.717, 1.165) is 44.3 Å². The summed E-state index contributed by atoms with van der Waals surface area (Å²) in [6.45, 7) is 6.03. The third-order valence-corrected chi connectivity index (χ3v) is 6.09. The summed E-state index contributed by atoms with van der Waals surface area (Å²) in [5, 5.41) is 15.6. The summed E-state index contributed by atoms with van der Waals surface area (Å²) >= 11 is 3.19. The molecule has 0 bridgehead atoms. The molecule has 27 heavy (non-hydrogen) atoms. The Bertz CT molecular complexity index is 1050. The van der Waals surface area contributed by atoms with E-state index in [9.17, 15) is 0 Å². The van der Waals surface area contributed by atoms with Gasteiger partial charge >= 0.3 is 0 Å². The number of nitrogens with zero attached hydrogens (tertiary/aromatic N) is 4. The first-order valence-corrected chi connectivity index (χ1v) is 10.3. The fourth-order valence-electron chi connectivity index (χ4n) is 2.84. The van der Waals surface area contributed by atoms with Crippen LogP contribution in [0.1, 0.15) is 28.2 Å². The van der Waals surface area contributed by atoms with Gasteiger partial charge in [-0.1, -0.05) is 47.2 Å². The van der Waals surface area contributed by atoms with Crippen LogP contribution in [0, 0.1) is 20.8 Å². The van der Waals surface area contributed by atoms with Crippen molar-refractivity contribution in [2.45, 2.75) is 27.2 Å². The predicted molar refractivity (Wildman–Crippen MR) is 112 cm³/mol. The number of benzene rings is 1. The average Bonchev–Trinajstić information content (AvgIpc) is 3.31. The molecule has 0 atom stereocenters. The molecule has 136 valence electrons. The zero-order valence-corrected chi connectivity index (χ0v) is 17.0. The van der Waals surface area contributed by atoms with E-state index >= 15 is 0 Å². The van der Waals surface area contributed by atoms with Crippen LogP contribution in [0.15, 0.2) is 41.8 Å². The van der Waals surface area contributed by atoms with Gasteiger partial charge in [-0.15, -0.1) is 21.5 Å². The minimum Gasteiger partial charge on any atom is -0.314 e. The molecule has 7 heteroatoms. The van der Waals surface area contributed by atoms with Gasteiger partial charge in [0.05, 0.1) is 4.88 Å². The first-order valence-electron chi connectivity index (χ1n) is 8.62. The van der Waals surface area contributed by atoms with E-state index in [2.05, 4.69) is 62.7 Å². The summed E-state index contributed by atoms with van der Waals surface area (Å²) < 4.78 is 0. The van der Waals surface area contributed by atoms with Crippen LogP contribution in [0.5, 0.6) is 0 Å². The Hall–Kier alpha value is -2.64. The molecule has 3 aromatic heterocycles. The second-order valence-corrected chi connectivity index (χ2v) is 8.29. The third-order valence-electron chi connectivity index (χ3n) is 4.21. The largest absolute Gasteiger partial charge is 0.314 e. The van der Waals surface area contributed by atoms with Crippen molar-refractivity contribution in [3.05, 3.63) is 70.0 Å². The molecule has 0 aliphatic rings. The fraction of sp³-hybridized carbons (Fsp3) is 0.200. The molecule has 0 saturated carbocycles. The highest BCUT2D eigenvalue weighted by Crippen LogP contribution is 2.32. The summed E-state index contributed by atoms with van der Waals surface area (Å²) in [6, 6.07) is 12.6. The normalized spacial score (nSPS) is 10.9. The third kappa shape index (κ3) is 4.04. The number of aryl methyl sites for hydroxylation is 3. The molecule has 0 fully saturated rings. The molecule has 0 aliphatic carbocycles. The maximum absolute atomic E-state index is 4.63. The lowest BCUT2D eigenvalue weighted by molar-refractivity contribution is 0.962. The monoisotopic (exact) mass is 393 g/mol. The van der Waals surface area contributed by atoms with Crippen LogP contribution in [0.25, 0.3) is 9.88 Å². The smallest absolute Gasteiger partial charge is 0.211 e. The second kappa shape index (κ2) is 7.54. The Labute approximate surface area is 166 Å². The Kier molecular flexibility index (Phi) is 4.96. The van der Waals surface area contributed by atoms with Gasteiger partial charge in [0.2, 0.25) is 5.13 Å². The first-order chi connectivity index (χ1) is 13.1. The quantitative estimate of drug-likeness (QED) is 0.497. The van der Waals surface area contributed by atoms with Crippen molar-refractivity contribution in [3.8, 4) is 9.88 Å². The molecule has 0 aliphatic heterocycles. The number of nitrogens with one attached hydrogen (secondary N) is 1. The van der Waals surface area contributed by atoms with E-state index in [1.807, 2.05) is 25.3 Å². The summed E-state index contributed by atoms with van der Waals surface area (Å²) in [7, 11) is 0. The Morgan fingerprint density at radius 2 is 1.78 bits per heavy atom. The Balaban J connectivity index is 1.64. The summed E-state index contributed by atoms with van der Waals surface area (Å²) in [5.41, 5.74) is 4.55. The predicted octanol–water partition coefficient (Wildman–Crippen LogP) is 5.32. The van der Waals surface area contributed by atoms with Gasteiger partial charge in [-0.2, -0.15) is 0 Å². The van der Waals surface area contributed by atoms with Crippen LogP contribution in [-0.4, -0.2) is 20.2 Å². The number of thiophene rings is 1. The first kappa shape index (κ1) is 17.8. The summed E-state index contributed by atoms with van der Waals surface area (Å²) in [6.07, 6.45) is 0.769. The van der Waals surface area contributed by atoms with Crippen molar-refractivity contribution in [3.63, 3.8) is 0 Å². The van der Waals surface area contributed by atoms with Gasteiger partial charge in [0, 0.05) is 17.7 Å². The molecule has 4 rings (SSSR count). The van der Waals surface area contributed by atoms with Crippen LogP contribution >= 0.6 is 22.7 Å². The highest BCUT2D eigenvalue weighted by molar-refractivity contribution is 7.22.